The first-order chi connectivity index (χ1) is 6.27. The molecule has 13 heavy (non-hydrogen) atoms. The maximum atomic E-state index is 8.83. The van der Waals surface area contributed by atoms with Gasteiger partial charge in [0.1, 0.15) is 0 Å². The molecule has 0 radical (unpaired) electrons. The summed E-state index contributed by atoms with van der Waals surface area (Å²) in [5.41, 5.74) is 1.96. The summed E-state index contributed by atoms with van der Waals surface area (Å²) in [4.78, 5) is 3.07. The first kappa shape index (κ1) is 8.29. The average Bonchev–Trinajstić information content (AvgIpc) is 2.48. The second kappa shape index (κ2) is 3.20. The van der Waals surface area contributed by atoms with Crippen molar-refractivity contribution in [1.29, 1.82) is 0 Å². The van der Waals surface area contributed by atoms with Gasteiger partial charge in [0.05, 0.1) is 0 Å². The van der Waals surface area contributed by atoms with E-state index in [0.717, 1.165) is 16.5 Å². The minimum Gasteiger partial charge on any atom is -0.368 e. The van der Waals surface area contributed by atoms with E-state index in [9.17, 15) is 0 Å². The molecule has 0 aliphatic rings. The molecular formula is C10H11NO2. The number of benzene rings is 1. The van der Waals surface area contributed by atoms with Crippen molar-refractivity contribution in [3.05, 3.63) is 36.0 Å². The van der Waals surface area contributed by atoms with Gasteiger partial charge in [-0.1, -0.05) is 18.2 Å². The van der Waals surface area contributed by atoms with Crippen molar-refractivity contribution in [2.45, 2.75) is 12.7 Å². The molecule has 0 aliphatic carbocycles. The Hall–Kier alpha value is -1.32. The van der Waals surface area contributed by atoms with E-state index in [-0.39, 0.29) is 6.42 Å². The maximum absolute atomic E-state index is 8.83. The van der Waals surface area contributed by atoms with Gasteiger partial charge in [-0.05, 0) is 11.6 Å². The zero-order valence-electron chi connectivity index (χ0n) is 7.07. The number of aliphatic hydroxyl groups is 2. The van der Waals surface area contributed by atoms with Gasteiger partial charge < -0.3 is 15.2 Å². The molecule has 0 unspecified atom stereocenters. The molecule has 0 fully saturated rings. The third-order valence-electron chi connectivity index (χ3n) is 2.08. The Morgan fingerprint density at radius 2 is 2.00 bits per heavy atom. The van der Waals surface area contributed by atoms with E-state index in [1.807, 2.05) is 30.5 Å². The standard InChI is InChI=1S/C10H11NO2/c12-10(13)5-7-6-11-9-4-2-1-3-8(7)9/h1-4,6,10-13H,5H2. The molecule has 2 rings (SSSR count). The average molecular weight is 177 g/mol. The van der Waals surface area contributed by atoms with Crippen LogP contribution in [0.2, 0.25) is 0 Å². The van der Waals surface area contributed by atoms with Gasteiger partial charge in [0.15, 0.2) is 6.29 Å². The van der Waals surface area contributed by atoms with Gasteiger partial charge in [0.2, 0.25) is 0 Å². The summed E-state index contributed by atoms with van der Waals surface area (Å²) < 4.78 is 0. The van der Waals surface area contributed by atoms with Crippen LogP contribution in [0, 0.1) is 0 Å². The molecule has 3 heteroatoms. The fraction of sp³-hybridized carbons (Fsp3) is 0.200. The Morgan fingerprint density at radius 1 is 1.23 bits per heavy atom. The minimum atomic E-state index is -1.28. The normalized spacial score (nSPS) is 11.3. The molecular weight excluding hydrogens is 166 g/mol. The van der Waals surface area contributed by atoms with Crippen molar-refractivity contribution in [1.82, 2.24) is 4.98 Å². The van der Waals surface area contributed by atoms with Crippen LogP contribution in [0.25, 0.3) is 10.9 Å². The van der Waals surface area contributed by atoms with Gasteiger partial charge in [-0.15, -0.1) is 0 Å². The molecule has 68 valence electrons. The van der Waals surface area contributed by atoms with Crippen LogP contribution in [0.3, 0.4) is 0 Å². The Bertz CT molecular complexity index is 406. The van der Waals surface area contributed by atoms with Crippen LogP contribution < -0.4 is 0 Å². The second-order valence-corrected chi connectivity index (χ2v) is 3.04. The smallest absolute Gasteiger partial charge is 0.155 e. The van der Waals surface area contributed by atoms with Gasteiger partial charge in [0, 0.05) is 23.5 Å². The number of hydrogen-bond acceptors (Lipinski definition) is 2. The van der Waals surface area contributed by atoms with Crippen molar-refractivity contribution in [3.63, 3.8) is 0 Å². The molecule has 2 aromatic rings. The number of rotatable bonds is 2. The summed E-state index contributed by atoms with van der Waals surface area (Å²) in [6, 6.07) is 7.80. The molecule has 3 nitrogen and oxygen atoms in total. The van der Waals surface area contributed by atoms with E-state index in [4.69, 9.17) is 10.2 Å². The van der Waals surface area contributed by atoms with Crippen LogP contribution >= 0.6 is 0 Å². The zero-order chi connectivity index (χ0) is 9.26. The van der Waals surface area contributed by atoms with Crippen LogP contribution in [-0.4, -0.2) is 21.5 Å². The predicted octanol–water partition coefficient (Wildman–Crippen LogP) is 1.02. The number of para-hydroxylation sites is 1. The fourth-order valence-electron chi connectivity index (χ4n) is 1.50. The monoisotopic (exact) mass is 177 g/mol. The maximum Gasteiger partial charge on any atom is 0.155 e. The quantitative estimate of drug-likeness (QED) is 0.600. The topological polar surface area (TPSA) is 56.2 Å². The summed E-state index contributed by atoms with van der Waals surface area (Å²) in [6.07, 6.45) is 0.799. The number of nitrogens with one attached hydrogen (secondary N) is 1. The van der Waals surface area contributed by atoms with Crippen molar-refractivity contribution < 1.29 is 10.2 Å². The fourth-order valence-corrected chi connectivity index (χ4v) is 1.50. The molecule has 0 spiro atoms. The van der Waals surface area contributed by atoms with Gasteiger partial charge in [0.25, 0.3) is 0 Å². The molecule has 1 aromatic heterocycles. The lowest BCUT2D eigenvalue weighted by molar-refractivity contribution is -0.0379. The number of H-pyrrole nitrogens is 1. The number of aromatic nitrogens is 1. The summed E-state index contributed by atoms with van der Waals surface area (Å²) in [7, 11) is 0. The van der Waals surface area contributed by atoms with Crippen LogP contribution in [0.15, 0.2) is 30.5 Å². The van der Waals surface area contributed by atoms with E-state index in [0.29, 0.717) is 0 Å². The minimum absolute atomic E-state index is 0.268. The summed E-state index contributed by atoms with van der Waals surface area (Å²) in [5, 5.41) is 18.7. The summed E-state index contributed by atoms with van der Waals surface area (Å²) in [5.74, 6) is 0. The largest absolute Gasteiger partial charge is 0.368 e. The Morgan fingerprint density at radius 3 is 2.77 bits per heavy atom. The lowest BCUT2D eigenvalue weighted by Crippen LogP contribution is -2.07. The molecule has 1 heterocycles. The first-order valence-corrected chi connectivity index (χ1v) is 4.18. The molecule has 0 aliphatic heterocycles. The lowest BCUT2D eigenvalue weighted by Gasteiger charge is -2.00. The number of aliphatic hydroxyl groups excluding tert-OH is 1. The molecule has 0 saturated heterocycles. The van der Waals surface area contributed by atoms with E-state index < -0.39 is 6.29 Å². The Kier molecular flexibility index (Phi) is 2.04. The third-order valence-corrected chi connectivity index (χ3v) is 2.08. The predicted molar refractivity (Wildman–Crippen MR) is 50.2 cm³/mol. The third kappa shape index (κ3) is 1.56. The molecule has 3 N–H and O–H groups in total. The van der Waals surface area contributed by atoms with Crippen LogP contribution in [0.4, 0.5) is 0 Å². The van der Waals surface area contributed by atoms with Crippen LogP contribution in [-0.2, 0) is 6.42 Å². The second-order valence-electron chi connectivity index (χ2n) is 3.04. The van der Waals surface area contributed by atoms with Gasteiger partial charge in [-0.2, -0.15) is 0 Å². The molecule has 1 aromatic carbocycles. The molecule has 0 saturated carbocycles. The zero-order valence-corrected chi connectivity index (χ0v) is 7.07. The van der Waals surface area contributed by atoms with Crippen LogP contribution in [0.5, 0.6) is 0 Å². The molecule has 0 atom stereocenters. The van der Waals surface area contributed by atoms with Crippen molar-refractivity contribution in [2.75, 3.05) is 0 Å². The van der Waals surface area contributed by atoms with E-state index in [2.05, 4.69) is 4.98 Å². The van der Waals surface area contributed by atoms with Crippen molar-refractivity contribution in [2.24, 2.45) is 0 Å². The van der Waals surface area contributed by atoms with E-state index >= 15 is 0 Å². The highest BCUT2D eigenvalue weighted by atomic mass is 16.5. The highest BCUT2D eigenvalue weighted by molar-refractivity contribution is 5.83. The van der Waals surface area contributed by atoms with Crippen molar-refractivity contribution in [3.8, 4) is 0 Å². The lowest BCUT2D eigenvalue weighted by atomic mass is 10.1. The summed E-state index contributed by atoms with van der Waals surface area (Å²) in [6.45, 7) is 0. The number of fused-ring (bicyclic) bond motifs is 1. The number of aromatic amines is 1. The highest BCUT2D eigenvalue weighted by Crippen LogP contribution is 2.18. The highest BCUT2D eigenvalue weighted by Gasteiger charge is 2.05. The number of hydrogen-bond donors (Lipinski definition) is 3. The molecule has 0 bridgehead atoms. The summed E-state index contributed by atoms with van der Waals surface area (Å²) >= 11 is 0. The Balaban J connectivity index is 2.46. The van der Waals surface area contributed by atoms with E-state index in [1.165, 1.54) is 0 Å². The van der Waals surface area contributed by atoms with Gasteiger partial charge in [-0.25, -0.2) is 0 Å². The SMILES string of the molecule is OC(O)Cc1c[nH]c2ccccc12. The van der Waals surface area contributed by atoms with Gasteiger partial charge in [-0.3, -0.25) is 0 Å². The first-order valence-electron chi connectivity index (χ1n) is 4.18. The Labute approximate surface area is 75.6 Å². The van der Waals surface area contributed by atoms with E-state index in [1.54, 1.807) is 0 Å². The van der Waals surface area contributed by atoms with Crippen molar-refractivity contribution >= 4 is 10.9 Å². The van der Waals surface area contributed by atoms with Gasteiger partial charge >= 0.3 is 0 Å². The van der Waals surface area contributed by atoms with Crippen LogP contribution in [0.1, 0.15) is 5.56 Å². The molecule has 0 amide bonds.